The van der Waals surface area contributed by atoms with E-state index in [0.29, 0.717) is 13.0 Å². The quantitative estimate of drug-likeness (QED) is 0.416. The Bertz CT molecular complexity index is 269. The zero-order valence-electron chi connectivity index (χ0n) is 8.53. The van der Waals surface area contributed by atoms with E-state index in [1.165, 1.54) is 0 Å². The zero-order chi connectivity index (χ0) is 10.8. The first kappa shape index (κ1) is 12.4. The van der Waals surface area contributed by atoms with Gasteiger partial charge in [0.1, 0.15) is 12.0 Å². The lowest BCUT2D eigenvalue weighted by atomic mass is 10.2. The number of para-hydroxylation sites is 1. The molecule has 1 rings (SSSR count). The maximum Gasteiger partial charge on any atom is 0.123 e. The summed E-state index contributed by atoms with van der Waals surface area (Å²) in [7, 11) is 0. The Morgan fingerprint density at radius 3 is 2.57 bits per heavy atom. The van der Waals surface area contributed by atoms with Crippen LogP contribution in [-0.2, 0) is 4.79 Å². The topological polar surface area (TPSA) is 26.3 Å². The molecule has 0 aliphatic heterocycles. The number of benzene rings is 1. The van der Waals surface area contributed by atoms with E-state index in [4.69, 9.17) is 4.74 Å². The summed E-state index contributed by atoms with van der Waals surface area (Å²) in [5.41, 5.74) is 1.10. The molecule has 0 aromatic heterocycles. The molecule has 1 aromatic rings. The highest BCUT2D eigenvalue weighted by Crippen LogP contribution is 2.15. The predicted molar refractivity (Wildman–Crippen MR) is 58.6 cm³/mol. The predicted octanol–water partition coefficient (Wildman–Crippen LogP) is 2.77. The summed E-state index contributed by atoms with van der Waals surface area (Å²) in [5, 5.41) is 0. The van der Waals surface area contributed by atoms with Gasteiger partial charge in [-0.1, -0.05) is 18.2 Å². The van der Waals surface area contributed by atoms with Crippen molar-refractivity contribution < 1.29 is 9.53 Å². The Morgan fingerprint density at radius 2 is 2.00 bits per heavy atom. The number of hydrogen-bond donors (Lipinski definition) is 0. The standard InChI is InChI=1S/C10H12O2.C2H4/c1-9-5-2-3-6-10(9)12-8-4-7-11;1-2/h2-3,5-7H,4,8H2,1H3;1-2H2. The Balaban J connectivity index is 0.000000791. The van der Waals surface area contributed by atoms with E-state index < -0.39 is 0 Å². The molecule has 76 valence electrons. The fourth-order valence-electron chi connectivity index (χ4n) is 0.935. The molecule has 0 fully saturated rings. The van der Waals surface area contributed by atoms with Crippen LogP contribution in [0.25, 0.3) is 0 Å². The molecule has 14 heavy (non-hydrogen) atoms. The summed E-state index contributed by atoms with van der Waals surface area (Å²) < 4.78 is 5.35. The van der Waals surface area contributed by atoms with Gasteiger partial charge in [-0.15, -0.1) is 13.2 Å². The normalized spacial score (nSPS) is 8.36. The van der Waals surface area contributed by atoms with Crippen LogP contribution in [0.2, 0.25) is 0 Å². The number of hydrogen-bond acceptors (Lipinski definition) is 2. The van der Waals surface area contributed by atoms with Gasteiger partial charge in [-0.2, -0.15) is 0 Å². The first-order valence-corrected chi connectivity index (χ1v) is 4.46. The SMILES string of the molecule is C=C.Cc1ccccc1OCCC=O. The first-order chi connectivity index (χ1) is 6.84. The molecule has 0 radical (unpaired) electrons. The molecule has 2 nitrogen and oxygen atoms in total. The average Bonchev–Trinajstić information content (AvgIpc) is 2.24. The maximum absolute atomic E-state index is 10.00. The minimum atomic E-state index is 0.453. The number of carbonyl (C=O) groups is 1. The van der Waals surface area contributed by atoms with Gasteiger partial charge in [-0.25, -0.2) is 0 Å². The highest BCUT2D eigenvalue weighted by atomic mass is 16.5. The van der Waals surface area contributed by atoms with Gasteiger partial charge in [0, 0.05) is 6.42 Å². The van der Waals surface area contributed by atoms with E-state index in [1.54, 1.807) is 0 Å². The number of ether oxygens (including phenoxy) is 1. The van der Waals surface area contributed by atoms with Crippen LogP contribution in [0.1, 0.15) is 12.0 Å². The Morgan fingerprint density at radius 1 is 1.36 bits per heavy atom. The van der Waals surface area contributed by atoms with Gasteiger partial charge >= 0.3 is 0 Å². The van der Waals surface area contributed by atoms with Gasteiger partial charge in [0.2, 0.25) is 0 Å². The number of aldehydes is 1. The minimum absolute atomic E-state index is 0.453. The van der Waals surface area contributed by atoms with E-state index in [-0.39, 0.29) is 0 Å². The lowest BCUT2D eigenvalue weighted by Gasteiger charge is -2.05. The number of carbonyl (C=O) groups excluding carboxylic acids is 1. The largest absolute Gasteiger partial charge is 0.493 e. The van der Waals surface area contributed by atoms with Gasteiger partial charge in [-0.3, -0.25) is 0 Å². The van der Waals surface area contributed by atoms with Crippen LogP contribution in [0.3, 0.4) is 0 Å². The minimum Gasteiger partial charge on any atom is -0.493 e. The molecule has 0 unspecified atom stereocenters. The molecule has 0 N–H and O–H groups in total. The molecule has 0 saturated heterocycles. The van der Waals surface area contributed by atoms with Crippen LogP contribution in [0.15, 0.2) is 37.4 Å². The smallest absolute Gasteiger partial charge is 0.123 e. The Kier molecular flexibility index (Phi) is 7.15. The highest BCUT2D eigenvalue weighted by molar-refractivity contribution is 5.49. The Labute approximate surface area is 85.2 Å². The van der Waals surface area contributed by atoms with Crippen molar-refractivity contribution in [1.29, 1.82) is 0 Å². The summed E-state index contributed by atoms with van der Waals surface area (Å²) in [6, 6.07) is 7.77. The third kappa shape index (κ3) is 4.45. The van der Waals surface area contributed by atoms with Crippen LogP contribution in [0, 0.1) is 6.92 Å². The third-order valence-corrected chi connectivity index (χ3v) is 1.59. The summed E-state index contributed by atoms with van der Waals surface area (Å²) in [4.78, 5) is 10.00. The van der Waals surface area contributed by atoms with Crippen LogP contribution >= 0.6 is 0 Å². The van der Waals surface area contributed by atoms with Crippen molar-refractivity contribution in [3.63, 3.8) is 0 Å². The first-order valence-electron chi connectivity index (χ1n) is 4.46. The third-order valence-electron chi connectivity index (χ3n) is 1.59. The van der Waals surface area contributed by atoms with Crippen molar-refractivity contribution in [3.05, 3.63) is 43.0 Å². The van der Waals surface area contributed by atoms with Crippen molar-refractivity contribution in [1.82, 2.24) is 0 Å². The van der Waals surface area contributed by atoms with E-state index in [0.717, 1.165) is 17.6 Å². The molecule has 0 aliphatic rings. The molecule has 2 heteroatoms. The van der Waals surface area contributed by atoms with Crippen LogP contribution < -0.4 is 4.74 Å². The van der Waals surface area contributed by atoms with E-state index in [2.05, 4.69) is 13.2 Å². The van der Waals surface area contributed by atoms with Gasteiger partial charge in [0.15, 0.2) is 0 Å². The Hall–Kier alpha value is -1.57. The molecule has 0 aliphatic carbocycles. The molecule has 0 spiro atoms. The van der Waals surface area contributed by atoms with Gasteiger partial charge in [0.05, 0.1) is 6.61 Å². The molecule has 0 atom stereocenters. The fraction of sp³-hybridized carbons (Fsp3) is 0.250. The second kappa shape index (κ2) is 8.05. The molecule has 0 saturated carbocycles. The molecule has 1 aromatic carbocycles. The molecule has 0 heterocycles. The number of rotatable bonds is 4. The summed E-state index contributed by atoms with van der Waals surface area (Å²) in [5.74, 6) is 0.861. The van der Waals surface area contributed by atoms with E-state index >= 15 is 0 Å². The highest BCUT2D eigenvalue weighted by Gasteiger charge is 1.95. The molecule has 0 bridgehead atoms. The lowest BCUT2D eigenvalue weighted by Crippen LogP contribution is -1.98. The number of aryl methyl sites for hydroxylation is 1. The van der Waals surface area contributed by atoms with Crippen molar-refractivity contribution >= 4 is 6.29 Å². The second-order valence-electron chi connectivity index (χ2n) is 2.57. The molecule has 0 amide bonds. The summed E-state index contributed by atoms with van der Waals surface area (Å²) in [6.07, 6.45) is 1.31. The van der Waals surface area contributed by atoms with Crippen molar-refractivity contribution in [3.8, 4) is 5.75 Å². The van der Waals surface area contributed by atoms with Crippen LogP contribution in [0.5, 0.6) is 5.75 Å². The van der Waals surface area contributed by atoms with Crippen LogP contribution in [-0.4, -0.2) is 12.9 Å². The van der Waals surface area contributed by atoms with Gasteiger partial charge < -0.3 is 9.53 Å². The molecular weight excluding hydrogens is 176 g/mol. The zero-order valence-corrected chi connectivity index (χ0v) is 8.53. The summed E-state index contributed by atoms with van der Waals surface area (Å²) >= 11 is 0. The average molecular weight is 192 g/mol. The molecular formula is C12H16O2. The van der Waals surface area contributed by atoms with E-state index in [1.807, 2.05) is 31.2 Å². The van der Waals surface area contributed by atoms with Crippen LogP contribution in [0.4, 0.5) is 0 Å². The monoisotopic (exact) mass is 192 g/mol. The summed E-state index contributed by atoms with van der Waals surface area (Å²) in [6.45, 7) is 8.45. The maximum atomic E-state index is 10.00. The van der Waals surface area contributed by atoms with Crippen molar-refractivity contribution in [2.75, 3.05) is 6.61 Å². The second-order valence-corrected chi connectivity index (χ2v) is 2.57. The van der Waals surface area contributed by atoms with Crippen molar-refractivity contribution in [2.24, 2.45) is 0 Å². The van der Waals surface area contributed by atoms with Crippen molar-refractivity contribution in [2.45, 2.75) is 13.3 Å². The van der Waals surface area contributed by atoms with Gasteiger partial charge in [0.25, 0.3) is 0 Å². The van der Waals surface area contributed by atoms with Gasteiger partial charge in [-0.05, 0) is 18.6 Å². The lowest BCUT2D eigenvalue weighted by molar-refractivity contribution is -0.108. The fourth-order valence-corrected chi connectivity index (χ4v) is 0.935. The van der Waals surface area contributed by atoms with E-state index in [9.17, 15) is 4.79 Å².